The van der Waals surface area contributed by atoms with Crippen molar-refractivity contribution in [3.8, 4) is 0 Å². The molecule has 0 bridgehead atoms. The van der Waals surface area contributed by atoms with E-state index in [0.717, 1.165) is 5.76 Å². The minimum atomic E-state index is -1.33. The summed E-state index contributed by atoms with van der Waals surface area (Å²) in [5.74, 6) is -0.454. The molecule has 0 aliphatic heterocycles. The van der Waals surface area contributed by atoms with Crippen LogP contribution in [-0.4, -0.2) is 40.4 Å². The maximum absolute atomic E-state index is 11.6. The molecule has 7 heteroatoms. The van der Waals surface area contributed by atoms with Gasteiger partial charge in [-0.25, -0.2) is 9.59 Å². The molecule has 4 N–H and O–H groups in total. The Morgan fingerprint density at radius 3 is 2.55 bits per heavy atom. The van der Waals surface area contributed by atoms with Crippen LogP contribution in [0.15, 0.2) is 22.8 Å². The number of hydrogen-bond acceptors (Lipinski definition) is 4. The summed E-state index contributed by atoms with van der Waals surface area (Å²) in [5.41, 5.74) is 0. The van der Waals surface area contributed by atoms with E-state index in [4.69, 9.17) is 9.52 Å². The fourth-order valence-corrected chi connectivity index (χ4v) is 1.68. The van der Waals surface area contributed by atoms with Crippen LogP contribution in [0, 0.1) is 0 Å². The second kappa shape index (κ2) is 7.54. The molecule has 7 nitrogen and oxygen atoms in total. The Bertz CT molecular complexity index is 430. The summed E-state index contributed by atoms with van der Waals surface area (Å²) in [4.78, 5) is 22.4. The topological polar surface area (TPSA) is 112 Å². The first-order valence-electron chi connectivity index (χ1n) is 6.40. The van der Waals surface area contributed by atoms with Gasteiger partial charge in [0.2, 0.25) is 0 Å². The number of carboxylic acid groups (broad SMARTS) is 1. The largest absolute Gasteiger partial charge is 0.480 e. The van der Waals surface area contributed by atoms with E-state index in [2.05, 4.69) is 10.6 Å². The van der Waals surface area contributed by atoms with E-state index in [1.54, 1.807) is 19.3 Å². The number of urea groups is 1. The van der Waals surface area contributed by atoms with Crippen molar-refractivity contribution in [1.82, 2.24) is 10.6 Å². The lowest BCUT2D eigenvalue weighted by Gasteiger charge is -2.19. The summed E-state index contributed by atoms with van der Waals surface area (Å²) in [7, 11) is 0. The van der Waals surface area contributed by atoms with Gasteiger partial charge in [0.05, 0.1) is 12.4 Å². The van der Waals surface area contributed by atoms with Crippen LogP contribution in [0.4, 0.5) is 4.79 Å². The first-order chi connectivity index (χ1) is 9.40. The molecule has 0 saturated heterocycles. The fraction of sp³-hybridized carbons (Fsp3) is 0.538. The summed E-state index contributed by atoms with van der Waals surface area (Å²) >= 11 is 0. The van der Waals surface area contributed by atoms with Crippen molar-refractivity contribution in [2.75, 3.05) is 0 Å². The van der Waals surface area contributed by atoms with Crippen molar-refractivity contribution < 1.29 is 24.2 Å². The first kappa shape index (κ1) is 16.0. The van der Waals surface area contributed by atoms with Gasteiger partial charge in [-0.15, -0.1) is 0 Å². The number of aliphatic hydroxyl groups excluding tert-OH is 1. The van der Waals surface area contributed by atoms with Crippen molar-refractivity contribution in [3.05, 3.63) is 24.2 Å². The van der Waals surface area contributed by atoms with E-state index < -0.39 is 24.1 Å². The molecule has 1 aromatic heterocycles. The van der Waals surface area contributed by atoms with Gasteiger partial charge in [0.25, 0.3) is 0 Å². The molecule has 0 aromatic carbocycles. The maximum Gasteiger partial charge on any atom is 0.328 e. The van der Waals surface area contributed by atoms with Gasteiger partial charge in [-0.05, 0) is 32.4 Å². The van der Waals surface area contributed by atoms with Crippen molar-refractivity contribution in [1.29, 1.82) is 0 Å². The lowest BCUT2D eigenvalue weighted by Crippen LogP contribution is -2.52. The van der Waals surface area contributed by atoms with Gasteiger partial charge >= 0.3 is 12.0 Å². The van der Waals surface area contributed by atoms with E-state index in [1.165, 1.54) is 6.92 Å². The number of furan rings is 1. The normalized spacial score (nSPS) is 15.2. The molecule has 0 radical (unpaired) electrons. The minimum absolute atomic E-state index is 0.149. The van der Waals surface area contributed by atoms with Crippen molar-refractivity contribution in [3.63, 3.8) is 0 Å². The number of carbonyl (C=O) groups is 2. The number of rotatable bonds is 7. The molecule has 3 atom stereocenters. The van der Waals surface area contributed by atoms with Crippen LogP contribution in [0.2, 0.25) is 0 Å². The van der Waals surface area contributed by atoms with Gasteiger partial charge in [-0.1, -0.05) is 0 Å². The number of nitrogens with one attached hydrogen (secondary N) is 2. The van der Waals surface area contributed by atoms with Gasteiger partial charge in [-0.2, -0.15) is 0 Å². The molecular weight excluding hydrogens is 264 g/mol. The summed E-state index contributed by atoms with van der Waals surface area (Å²) in [5, 5.41) is 22.9. The van der Waals surface area contributed by atoms with Crippen LogP contribution in [-0.2, 0) is 11.2 Å². The summed E-state index contributed by atoms with van der Waals surface area (Å²) in [6.07, 6.45) is 1.75. The molecular formula is C13H20N2O5. The summed E-state index contributed by atoms with van der Waals surface area (Å²) < 4.78 is 5.18. The zero-order chi connectivity index (χ0) is 15.1. The van der Waals surface area contributed by atoms with Gasteiger partial charge in [0, 0.05) is 12.5 Å². The number of aryl methyl sites for hydroxylation is 1. The molecule has 0 aliphatic rings. The third-order valence-corrected chi connectivity index (χ3v) is 2.82. The predicted molar refractivity (Wildman–Crippen MR) is 71.3 cm³/mol. The van der Waals surface area contributed by atoms with E-state index in [0.29, 0.717) is 12.8 Å². The Hall–Kier alpha value is -2.02. The Kier molecular flexibility index (Phi) is 6.05. The number of aliphatic carboxylic acids is 1. The van der Waals surface area contributed by atoms with E-state index in [9.17, 15) is 14.7 Å². The smallest absolute Gasteiger partial charge is 0.328 e. The number of carboxylic acids is 1. The highest BCUT2D eigenvalue weighted by Crippen LogP contribution is 2.05. The Morgan fingerprint density at radius 2 is 2.05 bits per heavy atom. The second-order valence-electron chi connectivity index (χ2n) is 4.69. The lowest BCUT2D eigenvalue weighted by molar-refractivity contribution is -0.141. The number of hydrogen-bond donors (Lipinski definition) is 4. The van der Waals surface area contributed by atoms with Crippen LogP contribution in [0.5, 0.6) is 0 Å². The minimum Gasteiger partial charge on any atom is -0.480 e. The lowest BCUT2D eigenvalue weighted by atomic mass is 10.1. The SMILES string of the molecule is CC(CCc1ccco1)NC(=O)N[C@H](C(=O)O)[C@@H](C)O. The number of amides is 2. The molecule has 20 heavy (non-hydrogen) atoms. The fourth-order valence-electron chi connectivity index (χ4n) is 1.68. The predicted octanol–water partition coefficient (Wildman–Crippen LogP) is 0.734. The highest BCUT2D eigenvalue weighted by molar-refractivity contribution is 5.83. The quantitative estimate of drug-likeness (QED) is 0.590. The molecule has 2 amide bonds. The monoisotopic (exact) mass is 284 g/mol. The third kappa shape index (κ3) is 5.31. The zero-order valence-corrected chi connectivity index (χ0v) is 11.5. The van der Waals surface area contributed by atoms with Crippen LogP contribution in [0.25, 0.3) is 0 Å². The molecule has 0 fully saturated rings. The van der Waals surface area contributed by atoms with Crippen LogP contribution >= 0.6 is 0 Å². The van der Waals surface area contributed by atoms with E-state index in [-0.39, 0.29) is 6.04 Å². The molecule has 0 aliphatic carbocycles. The first-order valence-corrected chi connectivity index (χ1v) is 6.40. The number of aliphatic hydroxyl groups is 1. The average Bonchev–Trinajstić information content (AvgIpc) is 2.85. The van der Waals surface area contributed by atoms with Gasteiger partial charge < -0.3 is 25.3 Å². The van der Waals surface area contributed by atoms with Crippen LogP contribution in [0.1, 0.15) is 26.0 Å². The van der Waals surface area contributed by atoms with Crippen molar-refractivity contribution in [2.24, 2.45) is 0 Å². The van der Waals surface area contributed by atoms with E-state index >= 15 is 0 Å². The van der Waals surface area contributed by atoms with E-state index in [1.807, 2.05) is 6.07 Å². The van der Waals surface area contributed by atoms with Crippen LogP contribution < -0.4 is 10.6 Å². The molecule has 0 saturated carbocycles. The molecule has 112 valence electrons. The second-order valence-corrected chi connectivity index (χ2v) is 4.69. The average molecular weight is 284 g/mol. The van der Waals surface area contributed by atoms with Gasteiger partial charge in [-0.3, -0.25) is 0 Å². The Labute approximate surface area is 117 Å². The number of carbonyl (C=O) groups excluding carboxylic acids is 1. The summed E-state index contributed by atoms with van der Waals surface area (Å²) in [6, 6.07) is 1.54. The standard InChI is InChI=1S/C13H20N2O5/c1-8(5-6-10-4-3-7-20-10)14-13(19)15-11(9(2)16)12(17)18/h3-4,7-9,11,16H,5-6H2,1-2H3,(H,17,18)(H2,14,15,19)/t8?,9-,11+/m1/s1. The van der Waals surface area contributed by atoms with Crippen molar-refractivity contribution in [2.45, 2.75) is 44.9 Å². The molecule has 1 aromatic rings. The van der Waals surface area contributed by atoms with Gasteiger partial charge in [0.15, 0.2) is 6.04 Å². The Balaban J connectivity index is 2.35. The zero-order valence-electron chi connectivity index (χ0n) is 11.5. The van der Waals surface area contributed by atoms with Crippen LogP contribution in [0.3, 0.4) is 0 Å². The summed E-state index contributed by atoms with van der Waals surface area (Å²) in [6.45, 7) is 3.11. The van der Waals surface area contributed by atoms with Gasteiger partial charge in [0.1, 0.15) is 5.76 Å². The molecule has 1 heterocycles. The highest BCUT2D eigenvalue weighted by Gasteiger charge is 2.25. The Morgan fingerprint density at radius 1 is 1.35 bits per heavy atom. The molecule has 0 spiro atoms. The molecule has 1 unspecified atom stereocenters. The maximum atomic E-state index is 11.6. The highest BCUT2D eigenvalue weighted by atomic mass is 16.4. The molecule has 1 rings (SSSR count). The third-order valence-electron chi connectivity index (χ3n) is 2.82. The van der Waals surface area contributed by atoms with Crippen molar-refractivity contribution >= 4 is 12.0 Å².